The van der Waals surface area contributed by atoms with Crippen LogP contribution in [0.15, 0.2) is 42.6 Å². The molecule has 0 spiro atoms. The van der Waals surface area contributed by atoms with Gasteiger partial charge in [0.2, 0.25) is 0 Å². The van der Waals surface area contributed by atoms with Crippen LogP contribution in [0.2, 0.25) is 0 Å². The van der Waals surface area contributed by atoms with Gasteiger partial charge in [0.05, 0.1) is 30.3 Å². The van der Waals surface area contributed by atoms with Crippen molar-refractivity contribution in [1.29, 1.82) is 5.41 Å². The van der Waals surface area contributed by atoms with Gasteiger partial charge < -0.3 is 26.1 Å². The number of anilines is 2. The molecule has 34 heavy (non-hydrogen) atoms. The normalized spacial score (nSPS) is 17.4. The van der Waals surface area contributed by atoms with Crippen LogP contribution >= 0.6 is 0 Å². The lowest BCUT2D eigenvalue weighted by atomic mass is 10.1. The number of benzene rings is 1. The van der Waals surface area contributed by atoms with Gasteiger partial charge in [0.15, 0.2) is 0 Å². The molecule has 2 saturated heterocycles. The Morgan fingerprint density at radius 3 is 2.59 bits per heavy atom. The molecule has 0 bridgehead atoms. The van der Waals surface area contributed by atoms with Gasteiger partial charge in [0.25, 0.3) is 5.91 Å². The first-order valence-electron chi connectivity index (χ1n) is 12.1. The molecule has 2 aromatic rings. The monoisotopic (exact) mass is 462 g/mol. The summed E-state index contributed by atoms with van der Waals surface area (Å²) in [6.45, 7) is 6.47. The SMILES string of the molecule is N=C/C(=C\N)c1cccc(C(=O)Nc2cc(CCN3CCOCC3)ccc2N2CCCCC2)n1. The number of nitrogens with two attached hydrogens (primary N) is 1. The molecule has 0 atom stereocenters. The van der Waals surface area contributed by atoms with Gasteiger partial charge in [-0.2, -0.15) is 0 Å². The minimum absolute atomic E-state index is 0.271. The third-order valence-corrected chi connectivity index (χ3v) is 6.44. The average molecular weight is 463 g/mol. The van der Waals surface area contributed by atoms with Crippen molar-refractivity contribution in [3.63, 3.8) is 0 Å². The zero-order valence-electron chi connectivity index (χ0n) is 19.6. The van der Waals surface area contributed by atoms with Gasteiger partial charge in [-0.15, -0.1) is 0 Å². The minimum atomic E-state index is -0.271. The van der Waals surface area contributed by atoms with Crippen LogP contribution in [0.5, 0.6) is 0 Å². The van der Waals surface area contributed by atoms with Crippen molar-refractivity contribution >= 4 is 29.1 Å². The zero-order chi connectivity index (χ0) is 23.8. The van der Waals surface area contributed by atoms with Gasteiger partial charge in [-0.3, -0.25) is 9.69 Å². The summed E-state index contributed by atoms with van der Waals surface area (Å²) in [6.07, 6.45) is 6.94. The Kier molecular flexibility index (Phi) is 8.27. The predicted octanol–water partition coefficient (Wildman–Crippen LogP) is 3.15. The van der Waals surface area contributed by atoms with Crippen molar-refractivity contribution in [1.82, 2.24) is 9.88 Å². The van der Waals surface area contributed by atoms with E-state index in [1.165, 1.54) is 18.2 Å². The molecule has 0 saturated carbocycles. The molecule has 3 heterocycles. The van der Waals surface area contributed by atoms with Crippen LogP contribution in [-0.2, 0) is 11.2 Å². The number of allylic oxidation sites excluding steroid dienone is 1. The second-order valence-corrected chi connectivity index (χ2v) is 8.73. The van der Waals surface area contributed by atoms with E-state index in [0.29, 0.717) is 17.0 Å². The smallest absolute Gasteiger partial charge is 0.274 e. The van der Waals surface area contributed by atoms with Crippen molar-refractivity contribution in [2.24, 2.45) is 5.73 Å². The summed E-state index contributed by atoms with van der Waals surface area (Å²) < 4.78 is 5.45. The molecule has 0 unspecified atom stereocenters. The number of nitrogens with one attached hydrogen (secondary N) is 2. The Morgan fingerprint density at radius 1 is 1.09 bits per heavy atom. The molecule has 0 aliphatic carbocycles. The highest BCUT2D eigenvalue weighted by molar-refractivity contribution is 6.08. The van der Waals surface area contributed by atoms with Crippen LogP contribution in [0.25, 0.3) is 5.57 Å². The van der Waals surface area contributed by atoms with Crippen LogP contribution in [-0.4, -0.2) is 67.9 Å². The fourth-order valence-corrected chi connectivity index (χ4v) is 4.48. The van der Waals surface area contributed by atoms with Crippen LogP contribution < -0.4 is 16.0 Å². The maximum Gasteiger partial charge on any atom is 0.274 e. The molecule has 180 valence electrons. The van der Waals surface area contributed by atoms with Crippen molar-refractivity contribution in [3.8, 4) is 0 Å². The number of nitrogens with zero attached hydrogens (tertiary/aromatic N) is 3. The van der Waals surface area contributed by atoms with E-state index in [-0.39, 0.29) is 5.91 Å². The third-order valence-electron chi connectivity index (χ3n) is 6.44. The molecule has 2 aliphatic heterocycles. The summed E-state index contributed by atoms with van der Waals surface area (Å²) in [4.78, 5) is 22.4. The second kappa shape index (κ2) is 11.8. The Bertz CT molecular complexity index is 1030. The molecule has 1 aromatic carbocycles. The summed E-state index contributed by atoms with van der Waals surface area (Å²) in [6, 6.07) is 11.6. The Labute approximate surface area is 201 Å². The van der Waals surface area contributed by atoms with Crippen LogP contribution in [0.1, 0.15) is 41.0 Å². The number of hydrogen-bond acceptors (Lipinski definition) is 7. The summed E-state index contributed by atoms with van der Waals surface area (Å²) in [5.41, 5.74) is 9.93. The minimum Gasteiger partial charge on any atom is -0.404 e. The van der Waals surface area contributed by atoms with Gasteiger partial charge in [0, 0.05) is 50.7 Å². The van der Waals surface area contributed by atoms with Crippen molar-refractivity contribution < 1.29 is 9.53 Å². The molecule has 8 heteroatoms. The number of aromatic nitrogens is 1. The molecule has 0 radical (unpaired) electrons. The van der Waals surface area contributed by atoms with E-state index in [4.69, 9.17) is 15.9 Å². The quantitative estimate of drug-likeness (QED) is 0.520. The molecule has 4 N–H and O–H groups in total. The number of amides is 1. The van der Waals surface area contributed by atoms with Crippen LogP contribution in [0.4, 0.5) is 11.4 Å². The zero-order valence-corrected chi connectivity index (χ0v) is 19.6. The third kappa shape index (κ3) is 6.01. The Morgan fingerprint density at radius 2 is 1.85 bits per heavy atom. The highest BCUT2D eigenvalue weighted by Crippen LogP contribution is 2.30. The number of morpholine rings is 1. The first-order chi connectivity index (χ1) is 16.7. The largest absolute Gasteiger partial charge is 0.404 e. The van der Waals surface area contributed by atoms with Gasteiger partial charge in [0.1, 0.15) is 5.69 Å². The van der Waals surface area contributed by atoms with Gasteiger partial charge in [-0.05, 0) is 55.5 Å². The second-order valence-electron chi connectivity index (χ2n) is 8.73. The molecule has 2 aliphatic rings. The molecule has 4 rings (SSSR count). The number of ether oxygens (including phenoxy) is 1. The summed E-state index contributed by atoms with van der Waals surface area (Å²) in [5.74, 6) is -0.271. The lowest BCUT2D eigenvalue weighted by molar-refractivity contribution is 0.0384. The number of pyridine rings is 1. The topological polar surface area (TPSA) is 108 Å². The molecule has 1 aromatic heterocycles. The van der Waals surface area contributed by atoms with Gasteiger partial charge >= 0.3 is 0 Å². The van der Waals surface area contributed by atoms with Crippen LogP contribution in [0, 0.1) is 5.41 Å². The summed E-state index contributed by atoms with van der Waals surface area (Å²) in [7, 11) is 0. The molecular weight excluding hydrogens is 428 g/mol. The fourth-order valence-electron chi connectivity index (χ4n) is 4.48. The van der Waals surface area contributed by atoms with E-state index in [9.17, 15) is 4.79 Å². The number of carbonyl (C=O) groups excluding carboxylic acids is 1. The highest BCUT2D eigenvalue weighted by Gasteiger charge is 2.18. The van der Waals surface area contributed by atoms with Crippen molar-refractivity contribution in [3.05, 3.63) is 59.5 Å². The first-order valence-corrected chi connectivity index (χ1v) is 12.1. The van der Waals surface area contributed by atoms with Crippen molar-refractivity contribution in [2.75, 3.05) is 56.2 Å². The molecule has 8 nitrogen and oxygen atoms in total. The van der Waals surface area contributed by atoms with E-state index in [0.717, 1.165) is 82.8 Å². The maximum atomic E-state index is 13.2. The average Bonchev–Trinajstić information content (AvgIpc) is 2.89. The van der Waals surface area contributed by atoms with E-state index in [1.54, 1.807) is 18.2 Å². The standard InChI is InChI=1S/C26H34N6O2/c27-18-21(19-28)22-5-4-6-23(29-22)26(33)30-24-17-20(9-12-31-13-15-34-16-14-31)7-8-25(24)32-10-2-1-3-11-32/h4-8,17-19,27H,1-3,9-16,28H2,(H,30,33)/b21-19+,27-18?. The predicted molar refractivity (Wildman–Crippen MR) is 137 cm³/mol. The summed E-state index contributed by atoms with van der Waals surface area (Å²) in [5, 5.41) is 10.6. The maximum absolute atomic E-state index is 13.2. The molecule has 1 amide bonds. The fraction of sp³-hybridized carbons (Fsp3) is 0.423. The van der Waals surface area contributed by atoms with Gasteiger partial charge in [-0.25, -0.2) is 4.98 Å². The molecule has 2 fully saturated rings. The number of piperidine rings is 1. The summed E-state index contributed by atoms with van der Waals surface area (Å²) >= 11 is 0. The Balaban J connectivity index is 1.55. The lowest BCUT2D eigenvalue weighted by Gasteiger charge is -2.31. The highest BCUT2D eigenvalue weighted by atomic mass is 16.5. The number of carbonyl (C=O) groups is 1. The lowest BCUT2D eigenvalue weighted by Crippen LogP contribution is -2.37. The molecular formula is C26H34N6O2. The van der Waals surface area contributed by atoms with E-state index in [1.807, 2.05) is 0 Å². The van der Waals surface area contributed by atoms with Gasteiger partial charge in [-0.1, -0.05) is 12.1 Å². The van der Waals surface area contributed by atoms with E-state index < -0.39 is 0 Å². The number of rotatable bonds is 8. The van der Waals surface area contributed by atoms with Crippen molar-refractivity contribution in [2.45, 2.75) is 25.7 Å². The van der Waals surface area contributed by atoms with E-state index >= 15 is 0 Å². The van der Waals surface area contributed by atoms with Crippen LogP contribution in [0.3, 0.4) is 0 Å². The Hall–Kier alpha value is -3.23. The van der Waals surface area contributed by atoms with E-state index in [2.05, 4.69) is 38.3 Å². The number of hydrogen-bond donors (Lipinski definition) is 3. The first kappa shape index (κ1) is 23.9.